The molecule has 33 heavy (non-hydrogen) atoms. The maximum atomic E-state index is 12.5. The zero-order valence-electron chi connectivity index (χ0n) is 19.4. The predicted octanol–water partition coefficient (Wildman–Crippen LogP) is 4.18. The normalized spacial score (nSPS) is 15.8. The van der Waals surface area contributed by atoms with Crippen LogP contribution >= 0.6 is 0 Å². The van der Waals surface area contributed by atoms with Gasteiger partial charge in [0.05, 0.1) is 0 Å². The number of aryl methyl sites for hydroxylation is 1. The van der Waals surface area contributed by atoms with Crippen molar-refractivity contribution >= 4 is 5.91 Å². The molecule has 0 saturated carbocycles. The Morgan fingerprint density at radius 3 is 2.52 bits per heavy atom. The Bertz CT molecular complexity index is 965. The summed E-state index contributed by atoms with van der Waals surface area (Å²) in [6, 6.07) is 20.2. The number of benzene rings is 2. The van der Waals surface area contributed by atoms with Gasteiger partial charge in [-0.15, -0.1) is 0 Å². The Morgan fingerprint density at radius 1 is 1.06 bits per heavy atom. The fourth-order valence-corrected chi connectivity index (χ4v) is 4.20. The second-order valence-electron chi connectivity index (χ2n) is 8.85. The van der Waals surface area contributed by atoms with E-state index in [1.165, 1.54) is 5.56 Å². The van der Waals surface area contributed by atoms with E-state index in [1.807, 2.05) is 48.1 Å². The molecule has 1 N–H and O–H groups in total. The number of nitrogens with zero attached hydrogens (tertiary/aromatic N) is 3. The molecule has 0 bridgehead atoms. The molecule has 1 aromatic heterocycles. The summed E-state index contributed by atoms with van der Waals surface area (Å²) in [5, 5.41) is 7.26. The van der Waals surface area contributed by atoms with Gasteiger partial charge in [-0.3, -0.25) is 9.48 Å². The first-order valence-corrected chi connectivity index (χ1v) is 12.0. The molecule has 0 spiro atoms. The van der Waals surface area contributed by atoms with Crippen molar-refractivity contribution in [1.29, 1.82) is 0 Å². The first-order chi connectivity index (χ1) is 16.2. The predicted molar refractivity (Wildman–Crippen MR) is 130 cm³/mol. The van der Waals surface area contributed by atoms with Gasteiger partial charge >= 0.3 is 0 Å². The molecule has 1 atom stereocenters. The minimum atomic E-state index is -0.0544. The maximum absolute atomic E-state index is 12.5. The smallest absolute Gasteiger partial charge is 0.251 e. The summed E-state index contributed by atoms with van der Waals surface area (Å²) in [6.07, 6.45) is 7.93. The van der Waals surface area contributed by atoms with Gasteiger partial charge in [0, 0.05) is 50.2 Å². The SMILES string of the molecule is CC(CCn1cccn1)NC(=O)c1ccc(OC2CCN(CCc3ccccc3)CC2)cc1. The number of nitrogens with one attached hydrogen (secondary N) is 1. The van der Waals surface area contributed by atoms with Crippen LogP contribution in [0.1, 0.15) is 42.1 Å². The summed E-state index contributed by atoms with van der Waals surface area (Å²) in [4.78, 5) is 15.1. The number of hydrogen-bond acceptors (Lipinski definition) is 4. The summed E-state index contributed by atoms with van der Waals surface area (Å²) in [5.74, 6) is 0.780. The van der Waals surface area contributed by atoms with Gasteiger partial charge in [0.2, 0.25) is 0 Å². The number of piperidine rings is 1. The molecule has 1 amide bonds. The highest BCUT2D eigenvalue weighted by molar-refractivity contribution is 5.94. The summed E-state index contributed by atoms with van der Waals surface area (Å²) in [7, 11) is 0. The number of ether oxygens (including phenoxy) is 1. The van der Waals surface area contributed by atoms with Crippen LogP contribution in [0.4, 0.5) is 0 Å². The molecule has 1 fully saturated rings. The molecular weight excluding hydrogens is 412 g/mol. The van der Waals surface area contributed by atoms with Crippen molar-refractivity contribution in [2.45, 2.75) is 51.3 Å². The lowest BCUT2D eigenvalue weighted by Gasteiger charge is -2.32. The number of hydrogen-bond donors (Lipinski definition) is 1. The van der Waals surface area contributed by atoms with Crippen LogP contribution in [0.15, 0.2) is 73.1 Å². The van der Waals surface area contributed by atoms with Gasteiger partial charge in [-0.25, -0.2) is 0 Å². The van der Waals surface area contributed by atoms with Gasteiger partial charge < -0.3 is 15.0 Å². The molecule has 6 nitrogen and oxygen atoms in total. The molecule has 3 aromatic rings. The van der Waals surface area contributed by atoms with Gasteiger partial charge in [0.15, 0.2) is 0 Å². The molecular formula is C27H34N4O2. The fourth-order valence-electron chi connectivity index (χ4n) is 4.20. The number of rotatable bonds is 10. The Hall–Kier alpha value is -3.12. The third-order valence-electron chi connectivity index (χ3n) is 6.24. The van der Waals surface area contributed by atoms with E-state index in [2.05, 4.69) is 45.6 Å². The molecule has 6 heteroatoms. The Morgan fingerprint density at radius 2 is 1.82 bits per heavy atom. The van der Waals surface area contributed by atoms with E-state index in [1.54, 1.807) is 6.20 Å². The Labute approximate surface area is 196 Å². The van der Waals surface area contributed by atoms with Crippen LogP contribution in [0.3, 0.4) is 0 Å². The highest BCUT2D eigenvalue weighted by Crippen LogP contribution is 2.20. The largest absolute Gasteiger partial charge is 0.490 e. The number of aromatic nitrogens is 2. The van der Waals surface area contributed by atoms with Crippen LogP contribution in [0.25, 0.3) is 0 Å². The highest BCUT2D eigenvalue weighted by atomic mass is 16.5. The summed E-state index contributed by atoms with van der Waals surface area (Å²) in [6.45, 7) is 6.03. The van der Waals surface area contributed by atoms with Crippen LogP contribution in [0.2, 0.25) is 0 Å². The minimum absolute atomic E-state index is 0.0544. The first-order valence-electron chi connectivity index (χ1n) is 12.0. The zero-order chi connectivity index (χ0) is 22.9. The molecule has 174 valence electrons. The lowest BCUT2D eigenvalue weighted by atomic mass is 10.1. The zero-order valence-corrected chi connectivity index (χ0v) is 19.4. The van der Waals surface area contributed by atoms with Crippen molar-refractivity contribution in [3.05, 3.63) is 84.2 Å². The Balaban J connectivity index is 1.17. The standard InChI is InChI=1S/C27H34N4O2/c1-22(12-21-31-17-5-16-28-31)29-27(32)24-8-10-25(11-9-24)33-26-14-19-30(20-15-26)18-13-23-6-3-2-4-7-23/h2-11,16-17,22,26H,12-15,18-21H2,1H3,(H,29,32). The van der Waals surface area contributed by atoms with Crippen molar-refractivity contribution in [3.8, 4) is 5.75 Å². The van der Waals surface area contributed by atoms with E-state index in [0.717, 1.165) is 57.6 Å². The van der Waals surface area contributed by atoms with Gasteiger partial charge in [-0.1, -0.05) is 30.3 Å². The average Bonchev–Trinajstić information content (AvgIpc) is 3.37. The van der Waals surface area contributed by atoms with E-state index < -0.39 is 0 Å². The average molecular weight is 447 g/mol. The molecule has 2 heterocycles. The van der Waals surface area contributed by atoms with Crippen LogP contribution in [-0.4, -0.2) is 52.4 Å². The van der Waals surface area contributed by atoms with Crippen molar-refractivity contribution < 1.29 is 9.53 Å². The van der Waals surface area contributed by atoms with E-state index >= 15 is 0 Å². The van der Waals surface area contributed by atoms with Gasteiger partial charge in [-0.2, -0.15) is 5.10 Å². The second kappa shape index (κ2) is 11.7. The summed E-state index contributed by atoms with van der Waals surface area (Å²) >= 11 is 0. The number of carbonyl (C=O) groups excluding carboxylic acids is 1. The molecule has 1 aliphatic heterocycles. The van der Waals surface area contributed by atoms with Crippen LogP contribution < -0.4 is 10.1 Å². The third-order valence-corrected chi connectivity index (χ3v) is 6.24. The van der Waals surface area contributed by atoms with Crippen LogP contribution in [-0.2, 0) is 13.0 Å². The topological polar surface area (TPSA) is 59.4 Å². The first kappa shape index (κ1) is 23.1. The Kier molecular flexibility index (Phi) is 8.14. The van der Waals surface area contributed by atoms with Crippen molar-refractivity contribution in [2.24, 2.45) is 0 Å². The molecule has 1 aliphatic rings. The van der Waals surface area contributed by atoms with Crippen molar-refractivity contribution in [1.82, 2.24) is 20.0 Å². The third kappa shape index (κ3) is 7.19. The molecule has 2 aromatic carbocycles. The van der Waals surface area contributed by atoms with E-state index in [-0.39, 0.29) is 18.1 Å². The molecule has 1 saturated heterocycles. The minimum Gasteiger partial charge on any atom is -0.490 e. The van der Waals surface area contributed by atoms with Crippen molar-refractivity contribution in [2.75, 3.05) is 19.6 Å². The number of amides is 1. The molecule has 0 aliphatic carbocycles. The van der Waals surface area contributed by atoms with Crippen molar-refractivity contribution in [3.63, 3.8) is 0 Å². The molecule has 0 radical (unpaired) electrons. The molecule has 4 rings (SSSR count). The fraction of sp³-hybridized carbons (Fsp3) is 0.407. The van der Waals surface area contributed by atoms with Gasteiger partial charge in [-0.05, 0) is 68.5 Å². The highest BCUT2D eigenvalue weighted by Gasteiger charge is 2.20. The number of likely N-dealkylation sites (tertiary alicyclic amines) is 1. The second-order valence-corrected chi connectivity index (χ2v) is 8.85. The van der Waals surface area contributed by atoms with E-state index in [0.29, 0.717) is 5.56 Å². The summed E-state index contributed by atoms with van der Waals surface area (Å²) in [5.41, 5.74) is 2.05. The van der Waals surface area contributed by atoms with Gasteiger partial charge in [0.1, 0.15) is 11.9 Å². The molecule has 1 unspecified atom stereocenters. The lowest BCUT2D eigenvalue weighted by molar-refractivity contribution is 0.0936. The monoisotopic (exact) mass is 446 g/mol. The lowest BCUT2D eigenvalue weighted by Crippen LogP contribution is -2.39. The maximum Gasteiger partial charge on any atom is 0.251 e. The van der Waals surface area contributed by atoms with Gasteiger partial charge in [0.25, 0.3) is 5.91 Å². The number of carbonyl (C=O) groups is 1. The van der Waals surface area contributed by atoms with Crippen LogP contribution in [0, 0.1) is 0 Å². The van der Waals surface area contributed by atoms with E-state index in [9.17, 15) is 4.79 Å². The summed E-state index contributed by atoms with van der Waals surface area (Å²) < 4.78 is 8.07. The quantitative estimate of drug-likeness (QED) is 0.508. The van der Waals surface area contributed by atoms with Crippen LogP contribution in [0.5, 0.6) is 5.75 Å². The van der Waals surface area contributed by atoms with E-state index in [4.69, 9.17) is 4.74 Å².